The first-order chi connectivity index (χ1) is 46.1. The number of ether oxygens (including phenoxy) is 1. The number of hydrogen-bond acceptors (Lipinski definition) is 23. The summed E-state index contributed by atoms with van der Waals surface area (Å²) in [5, 5.41) is 17.2. The Labute approximate surface area is 724 Å². The van der Waals surface area contributed by atoms with Crippen LogP contribution in [0.15, 0.2) is 13.9 Å². The van der Waals surface area contributed by atoms with Crippen LogP contribution >= 0.6 is 251 Å². The van der Waals surface area contributed by atoms with E-state index in [9.17, 15) is 24.0 Å². The Balaban J connectivity index is -0.0000000458. The van der Waals surface area contributed by atoms with Crippen LogP contribution in [0.25, 0.3) is 0 Å². The molecule has 100 heavy (non-hydrogen) atoms. The molecule has 0 saturated heterocycles. The summed E-state index contributed by atoms with van der Waals surface area (Å²) in [6.07, 6.45) is 66.1. The summed E-state index contributed by atoms with van der Waals surface area (Å²) in [4.78, 5) is 57.6. The fourth-order valence-corrected chi connectivity index (χ4v) is 23.4. The standard InChI is InChI=1S/C8H8OS.C7H6OS2.C7H8S2.C6H15N.C6H7S2.C5H6OS.C4H3NO.C3H3Br.C3H3Cl3O2.3C3H4S.C2H6O.CH2Cl2.CH4O.CH4S2.3CH4.3ClH.2Sb/c1-3-5-6-8(9)10-7-4-2;1-3-5-9-7(8)10-6-4-2;1-3-5-8-7-9-6-4-2;1-4-7(5-2)6-3;1-3-4-8-6(2)5-7;1-3-4-7-5(2)6;1-2-3-5-4-6;1-2-3-4;1-2(7)8-3(4,5)6;3*1-2-3-4;1-2-3;2-1-3;1-2;2-1-3;;;;;;;;/h1-2H,5-7H2;1-2H,5-6H2;1-2H,5-7H2;4-6H2,1-3H3;1-2,7H,4-5H2;1H,4H2,2H3;1H,3H2;1H,3H2;1H3;3*1,4H,3H2;3H,2H2,1H3;1H2;2H,1H3;2-3H,1H2;3*1H4;3*1H;;/q;;;;;;;;;;;;;;;;;;;;;;+2;+3/p-5. The van der Waals surface area contributed by atoms with Crippen LogP contribution in [-0.2, 0) is 23.9 Å². The van der Waals surface area contributed by atoms with E-state index in [0.29, 0.717) is 57.8 Å². The van der Waals surface area contributed by atoms with E-state index in [2.05, 4.69) is 192 Å². The zero-order chi connectivity index (χ0) is 79.1. The van der Waals surface area contributed by atoms with Gasteiger partial charge in [-0.1, -0.05) is 165 Å². The first-order valence-corrected chi connectivity index (χ1v) is 57.7. The van der Waals surface area contributed by atoms with Gasteiger partial charge in [0, 0.05) is 50.6 Å². The maximum atomic E-state index is 10.7. The molecule has 0 aliphatic carbocycles. The van der Waals surface area contributed by atoms with Crippen molar-refractivity contribution in [2.75, 3.05) is 124 Å². The first-order valence-electron chi connectivity index (χ1n) is 25.3. The second kappa shape index (κ2) is 157. The predicted molar refractivity (Wildman–Crippen MR) is 500 cm³/mol. The minimum absolute atomic E-state index is 0. The number of aliphatic hydroxyl groups is 2. The third-order valence-electron chi connectivity index (χ3n) is 5.53. The van der Waals surface area contributed by atoms with Crippen molar-refractivity contribution in [3.8, 4) is 160 Å². The SMILES string of the molecule is C.C.C.C#CCBr.C#CCCC(=O)SCC#C.C#CCN=C=O.C#CCS.C#CCS.C#CCSC(=O)SCC#C.C#CCSC(C)=O.C#CCSC1=[CH][Sb]([S]CC#C)[S]C1.C#CCSCSCC#C.CC(=O)OC(Cl)(Cl)Cl.CCN(CC)CC.CCO.CO.ClCCl.SCS.[Cl][Sb]([Cl])[Cl]. The second-order valence-corrected chi connectivity index (χ2v) is 51.4. The quantitative estimate of drug-likeness (QED) is 0.00888. The van der Waals surface area contributed by atoms with E-state index >= 15 is 0 Å². The molecule has 0 unspecified atom stereocenters. The molecule has 0 aromatic carbocycles. The molecular formula is C66H97BrCl8N2O8S13Sb2. The van der Waals surface area contributed by atoms with Gasteiger partial charge in [-0.15, -0.1) is 123 Å². The number of halogens is 9. The molecule has 0 aromatic rings. The summed E-state index contributed by atoms with van der Waals surface area (Å²) in [7, 11) is 20.1. The van der Waals surface area contributed by atoms with Gasteiger partial charge in [-0.2, -0.15) is 55.5 Å². The van der Waals surface area contributed by atoms with Crippen molar-refractivity contribution in [2.24, 2.45) is 4.99 Å². The number of isocyanates is 1. The Morgan fingerprint density at radius 2 is 0.990 bits per heavy atom. The number of terminal acetylenes is 13. The molecule has 10 nitrogen and oxygen atoms in total. The molecule has 0 radical (unpaired) electrons. The molecule has 2 N–H and O–H groups in total. The third-order valence-corrected chi connectivity index (χ3v) is 28.5. The molecule has 0 atom stereocenters. The van der Waals surface area contributed by atoms with Crippen molar-refractivity contribution >= 4 is 312 Å². The average molecular weight is 2070 g/mol. The van der Waals surface area contributed by atoms with E-state index in [1.165, 1.54) is 43.3 Å². The van der Waals surface area contributed by atoms with Crippen LogP contribution in [-0.4, -0.2) is 204 Å². The number of thioether (sulfide) groups is 7. The second-order valence-electron chi connectivity index (χ2n) is 12.2. The monoisotopic (exact) mass is 2060 g/mol. The molecule has 34 heteroatoms. The van der Waals surface area contributed by atoms with Crippen molar-refractivity contribution < 1.29 is 38.9 Å². The number of carbonyl (C=O) groups excluding carboxylic acids is 5. The normalized spacial score (nSPS) is 8.37. The average Bonchev–Trinajstić information content (AvgIpc) is 1.79. The molecule has 1 aliphatic rings. The van der Waals surface area contributed by atoms with Gasteiger partial charge in [0.2, 0.25) is 10.5 Å². The van der Waals surface area contributed by atoms with Gasteiger partial charge in [-0.3, -0.25) is 19.2 Å². The first kappa shape index (κ1) is 146. The van der Waals surface area contributed by atoms with Crippen LogP contribution in [0.2, 0.25) is 0 Å². The Morgan fingerprint density at radius 1 is 0.650 bits per heavy atom. The summed E-state index contributed by atoms with van der Waals surface area (Å²) in [5.41, 5.74) is 0. The van der Waals surface area contributed by atoms with Gasteiger partial charge in [0.1, 0.15) is 6.54 Å². The molecular weight excluding hydrogens is 1970 g/mol. The molecule has 1 rings (SSSR count). The number of nitrogens with zero attached hydrogens (tertiary/aromatic N) is 2. The molecule has 1 heterocycles. The zero-order valence-corrected chi connectivity index (χ0v) is 78.3. The van der Waals surface area contributed by atoms with Gasteiger partial charge >= 0.3 is 151 Å². The zero-order valence-electron chi connectivity index (χ0n) is 54.6. The topological polar surface area (TPSA) is 151 Å². The van der Waals surface area contributed by atoms with E-state index < -0.39 is 44.1 Å². The fourth-order valence-electron chi connectivity index (χ4n) is 2.63. The van der Waals surface area contributed by atoms with Crippen molar-refractivity contribution in [2.45, 2.75) is 80.6 Å². The van der Waals surface area contributed by atoms with Crippen LogP contribution in [0.5, 0.6) is 0 Å². The molecule has 0 bridgehead atoms. The molecule has 0 fully saturated rings. The Hall–Kier alpha value is 0.746. The summed E-state index contributed by atoms with van der Waals surface area (Å²) in [6, 6.07) is 0. The van der Waals surface area contributed by atoms with Crippen molar-refractivity contribution in [3.63, 3.8) is 0 Å². The van der Waals surface area contributed by atoms with Crippen LogP contribution in [0.1, 0.15) is 76.7 Å². The van der Waals surface area contributed by atoms with Gasteiger partial charge in [-0.05, 0) is 61.4 Å². The molecule has 0 aromatic heterocycles. The molecule has 1 aliphatic heterocycles. The van der Waals surface area contributed by atoms with Crippen LogP contribution < -0.4 is 0 Å². The number of alkyl halides is 6. The van der Waals surface area contributed by atoms with E-state index in [1.54, 1.807) is 42.2 Å². The number of rotatable bonds is 18. The number of thiol groups is 4. The molecule has 0 spiro atoms. The van der Waals surface area contributed by atoms with Crippen LogP contribution in [0, 0.1) is 160 Å². The van der Waals surface area contributed by atoms with E-state index in [-0.39, 0.29) is 55.4 Å². The fraction of sp³-hybridized carbons (Fsp3) is 0.500. The van der Waals surface area contributed by atoms with E-state index in [1.807, 2.05) is 8.85 Å². The molecule has 0 amide bonds. The molecule has 570 valence electrons. The van der Waals surface area contributed by atoms with Crippen LogP contribution in [0.4, 0.5) is 4.79 Å². The summed E-state index contributed by atoms with van der Waals surface area (Å²) in [6.45, 7) is 14.9. The van der Waals surface area contributed by atoms with Gasteiger partial charge in [0.25, 0.3) is 0 Å². The van der Waals surface area contributed by atoms with Gasteiger partial charge in [0.05, 0.1) is 56.7 Å². The number of aliphatic hydroxyl groups excluding tert-OH is 2. The summed E-state index contributed by atoms with van der Waals surface area (Å²) in [5.74, 6) is 38.0. The minimum atomic E-state index is -2.03. The Bertz CT molecular complexity index is 2280. The maximum absolute atomic E-state index is 10.7. The van der Waals surface area contributed by atoms with E-state index in [0.717, 1.165) is 89.2 Å². The van der Waals surface area contributed by atoms with Gasteiger partial charge in [-0.25, -0.2) is 4.79 Å². The van der Waals surface area contributed by atoms with Crippen LogP contribution in [0.3, 0.4) is 0 Å². The number of hydrogen-bond donors (Lipinski definition) is 6. The van der Waals surface area contributed by atoms with Gasteiger partial charge < -0.3 is 19.8 Å². The number of carbonyl (C=O) groups is 4. The summed E-state index contributed by atoms with van der Waals surface area (Å²) >= 11 is 48.8. The Kier molecular flexibility index (Phi) is 230. The summed E-state index contributed by atoms with van der Waals surface area (Å²) < 4.78 is 4.64. The molecule has 0 saturated carbocycles. The Morgan fingerprint density at radius 3 is 1.21 bits per heavy atom. The number of esters is 1. The van der Waals surface area contributed by atoms with Crippen molar-refractivity contribution in [1.82, 2.24) is 4.90 Å². The third kappa shape index (κ3) is 256. The van der Waals surface area contributed by atoms with Crippen molar-refractivity contribution in [1.29, 1.82) is 0 Å². The predicted octanol–water partition coefficient (Wildman–Crippen LogP) is 18.8. The number of aliphatic imine (C=N–C) groups is 1. The van der Waals surface area contributed by atoms with E-state index in [4.69, 9.17) is 178 Å². The van der Waals surface area contributed by atoms with Crippen molar-refractivity contribution in [3.05, 3.63) is 8.93 Å². The van der Waals surface area contributed by atoms with Gasteiger partial charge in [0.15, 0.2) is 10.2 Å².